The van der Waals surface area contributed by atoms with E-state index in [-0.39, 0.29) is 40.0 Å². The van der Waals surface area contributed by atoms with Gasteiger partial charge in [-0.3, -0.25) is 0 Å². The van der Waals surface area contributed by atoms with Gasteiger partial charge in [-0.2, -0.15) is 0 Å². The number of hydrogen-bond donors (Lipinski definition) is 0. The Bertz CT molecular complexity index is 173. The van der Waals surface area contributed by atoms with Crippen molar-refractivity contribution in [1.29, 1.82) is 0 Å². The van der Waals surface area contributed by atoms with Gasteiger partial charge in [0.25, 0.3) is 0 Å². The van der Waals surface area contributed by atoms with Crippen molar-refractivity contribution >= 4 is 31.1 Å². The van der Waals surface area contributed by atoms with Crippen LogP contribution in [0.1, 0.15) is 41.5 Å². The predicted octanol–water partition coefficient (Wildman–Crippen LogP) is 0.878. The third-order valence-electron chi connectivity index (χ3n) is 3.62. The Morgan fingerprint density at radius 3 is 1.27 bits per heavy atom. The van der Waals surface area contributed by atoms with Crippen molar-refractivity contribution in [2.75, 3.05) is 0 Å². The average molecular weight is 300 g/mol. The minimum atomic E-state index is -1.33. The molecular weight excluding hydrogens is 276 g/mol. The Kier molecular flexibility index (Phi) is 12.9. The SMILES string of the molecule is [Br-].[C-]#CC[Si](C(C)C)(C(C)C)C(C)C.[Mg+2]. The van der Waals surface area contributed by atoms with Gasteiger partial charge in [0.1, 0.15) is 0 Å². The van der Waals surface area contributed by atoms with Gasteiger partial charge in [0.2, 0.25) is 0 Å². The molecule has 0 nitrogen and oxygen atoms in total. The summed E-state index contributed by atoms with van der Waals surface area (Å²) in [6.07, 6.45) is 7.22. The van der Waals surface area contributed by atoms with E-state index >= 15 is 0 Å². The molecule has 0 aromatic carbocycles. The molecule has 0 fully saturated rings. The van der Waals surface area contributed by atoms with E-state index in [1.54, 1.807) is 0 Å². The third kappa shape index (κ3) is 4.81. The molecule has 0 aliphatic carbocycles. The maximum absolute atomic E-state index is 7.22. The first kappa shape index (κ1) is 21.3. The van der Waals surface area contributed by atoms with Crippen LogP contribution >= 0.6 is 0 Å². The van der Waals surface area contributed by atoms with Crippen molar-refractivity contribution in [2.45, 2.75) is 64.2 Å². The van der Waals surface area contributed by atoms with Gasteiger partial charge in [-0.1, -0.05) is 41.5 Å². The minimum Gasteiger partial charge on any atom is -1.00 e. The molecule has 0 saturated carbocycles. The average Bonchev–Trinajstić information content (AvgIpc) is 1.97. The second-order valence-corrected chi connectivity index (χ2v) is 11.0. The van der Waals surface area contributed by atoms with Gasteiger partial charge in [0.15, 0.2) is 0 Å². The van der Waals surface area contributed by atoms with Crippen LogP contribution in [0.15, 0.2) is 0 Å². The van der Waals surface area contributed by atoms with Crippen LogP contribution in [0.25, 0.3) is 0 Å². The Labute approximate surface area is 124 Å². The molecule has 0 radical (unpaired) electrons. The van der Waals surface area contributed by atoms with Crippen LogP contribution in [0.3, 0.4) is 0 Å². The van der Waals surface area contributed by atoms with Gasteiger partial charge < -0.3 is 29.3 Å². The molecule has 0 atom stereocenters. The van der Waals surface area contributed by atoms with E-state index in [1.807, 2.05) is 0 Å². The van der Waals surface area contributed by atoms with Crippen molar-refractivity contribution in [3.05, 3.63) is 6.42 Å². The Morgan fingerprint density at radius 1 is 0.933 bits per heavy atom. The molecule has 3 heteroatoms. The van der Waals surface area contributed by atoms with Crippen molar-refractivity contribution < 1.29 is 17.0 Å². The second kappa shape index (κ2) is 9.09. The summed E-state index contributed by atoms with van der Waals surface area (Å²) in [7, 11) is -1.33. The normalized spacial score (nSPS) is 10.9. The van der Waals surface area contributed by atoms with E-state index in [4.69, 9.17) is 6.42 Å². The molecule has 0 aromatic heterocycles. The molecule has 0 aliphatic rings. The van der Waals surface area contributed by atoms with Gasteiger partial charge in [0, 0.05) is 0 Å². The second-order valence-electron chi connectivity index (χ2n) is 4.93. The molecule has 84 valence electrons. The molecule has 0 saturated heterocycles. The topological polar surface area (TPSA) is 0 Å². The summed E-state index contributed by atoms with van der Waals surface area (Å²) in [5.74, 6) is 2.66. The van der Waals surface area contributed by atoms with Crippen LogP contribution in [0.5, 0.6) is 0 Å². The van der Waals surface area contributed by atoms with Crippen LogP contribution < -0.4 is 17.0 Å². The first-order valence-corrected chi connectivity index (χ1v) is 7.73. The first-order chi connectivity index (χ1) is 5.89. The molecule has 0 amide bonds. The number of rotatable bonds is 4. The summed E-state index contributed by atoms with van der Waals surface area (Å²) in [5, 5.41) is 0. The molecule has 0 aromatic rings. The number of hydrogen-bond acceptors (Lipinski definition) is 0. The molecular formula is C12H23BrMgSi. The van der Waals surface area contributed by atoms with E-state index in [0.717, 1.165) is 22.7 Å². The predicted molar refractivity (Wildman–Crippen MR) is 68.7 cm³/mol. The number of halogens is 1. The first-order valence-electron chi connectivity index (χ1n) is 5.29. The Balaban J connectivity index is -0.000000720. The quantitative estimate of drug-likeness (QED) is 0.411. The largest absolute Gasteiger partial charge is 2.00 e. The van der Waals surface area contributed by atoms with Crippen LogP contribution in [0.4, 0.5) is 0 Å². The fourth-order valence-corrected chi connectivity index (χ4v) is 8.30. The summed E-state index contributed by atoms with van der Waals surface area (Å²) in [4.78, 5) is 0. The Morgan fingerprint density at radius 2 is 1.20 bits per heavy atom. The van der Waals surface area contributed by atoms with E-state index in [0.29, 0.717) is 0 Å². The van der Waals surface area contributed by atoms with Gasteiger partial charge in [-0.15, -0.1) is 0 Å². The maximum atomic E-state index is 7.22. The maximum Gasteiger partial charge on any atom is 2.00 e. The van der Waals surface area contributed by atoms with Crippen molar-refractivity contribution in [1.82, 2.24) is 0 Å². The van der Waals surface area contributed by atoms with E-state index in [2.05, 4.69) is 47.5 Å². The van der Waals surface area contributed by atoms with E-state index < -0.39 is 8.07 Å². The summed E-state index contributed by atoms with van der Waals surface area (Å²) < 4.78 is 0. The minimum absolute atomic E-state index is 0. The summed E-state index contributed by atoms with van der Waals surface area (Å²) in [6.45, 7) is 13.9. The van der Waals surface area contributed by atoms with Crippen molar-refractivity contribution in [3.8, 4) is 5.92 Å². The molecule has 0 N–H and O–H groups in total. The van der Waals surface area contributed by atoms with Crippen LogP contribution in [-0.2, 0) is 0 Å². The Hall–Kier alpha value is 1.02. The van der Waals surface area contributed by atoms with Crippen LogP contribution in [-0.4, -0.2) is 31.1 Å². The van der Waals surface area contributed by atoms with Gasteiger partial charge in [0.05, 0.1) is 8.07 Å². The van der Waals surface area contributed by atoms with E-state index in [9.17, 15) is 0 Å². The molecule has 0 bridgehead atoms. The molecule has 0 rings (SSSR count). The molecule has 0 heterocycles. The molecule has 15 heavy (non-hydrogen) atoms. The fourth-order valence-electron chi connectivity index (χ4n) is 2.77. The van der Waals surface area contributed by atoms with Gasteiger partial charge >= 0.3 is 23.1 Å². The standard InChI is InChI=1S/C12H23Si.BrH.Mg/c1-8-9-13(10(2)3,11(4)5)12(6)7;;/h10-12H,9H2,2-7H3;1H;/q-1;;+2/p-1. The van der Waals surface area contributed by atoms with Crippen molar-refractivity contribution in [3.63, 3.8) is 0 Å². The summed E-state index contributed by atoms with van der Waals surface area (Å²) in [5.41, 5.74) is 2.26. The molecule has 0 unspecified atom stereocenters. The van der Waals surface area contributed by atoms with Gasteiger partial charge in [-0.25, -0.2) is 0 Å². The van der Waals surface area contributed by atoms with E-state index in [1.165, 1.54) is 0 Å². The molecule has 0 spiro atoms. The van der Waals surface area contributed by atoms with Crippen molar-refractivity contribution in [2.24, 2.45) is 0 Å². The van der Waals surface area contributed by atoms with Crippen LogP contribution in [0, 0.1) is 12.3 Å². The monoisotopic (exact) mass is 298 g/mol. The molecule has 0 aliphatic heterocycles. The van der Waals surface area contributed by atoms with Gasteiger partial charge in [-0.05, 0) is 22.7 Å². The smallest absolute Gasteiger partial charge is 1.00 e. The summed E-state index contributed by atoms with van der Waals surface area (Å²) >= 11 is 0. The fraction of sp³-hybridized carbons (Fsp3) is 0.833. The zero-order valence-electron chi connectivity index (χ0n) is 11.0. The van der Waals surface area contributed by atoms with Crippen LogP contribution in [0.2, 0.25) is 22.7 Å². The zero-order chi connectivity index (χ0) is 10.6. The zero-order valence-corrected chi connectivity index (χ0v) is 15.0. The summed E-state index contributed by atoms with van der Waals surface area (Å²) in [6, 6.07) is 0.931. The third-order valence-corrected chi connectivity index (χ3v) is 10.9.